The lowest BCUT2D eigenvalue weighted by molar-refractivity contribution is 0.477. The van der Waals surface area contributed by atoms with Gasteiger partial charge in [0.05, 0.1) is 34.1 Å². The van der Waals surface area contributed by atoms with Crippen LogP contribution < -0.4 is 19.3 Å². The Kier molecular flexibility index (Phi) is 7.03. The SMILES string of the molecule is c1ccc(-n2nc(-c3ccc(N4c5ccccc5Oc5ccccc54)c4ccccc34)nc2-c2ccc(N3c4ccccc4Oc4ccccc43)cc2)cc1. The molecule has 1 aromatic heterocycles. The van der Waals surface area contributed by atoms with Crippen LogP contribution in [0.2, 0.25) is 0 Å². The Balaban J connectivity index is 1.04. The van der Waals surface area contributed by atoms with Gasteiger partial charge < -0.3 is 19.3 Å². The summed E-state index contributed by atoms with van der Waals surface area (Å²) < 4.78 is 14.5. The lowest BCUT2D eigenvalue weighted by atomic mass is 10.00. The van der Waals surface area contributed by atoms with Gasteiger partial charge in [-0.1, -0.05) is 91.0 Å². The molecular formula is C48H31N5O2. The standard InChI is InChI=1S/C48H31N5O2/c1-2-14-34(15-3-1)53-48(32-26-28-33(29-27-32)51-39-18-6-10-22-43(39)54-44-23-11-7-19-40(44)51)49-47(50-53)37-30-31-38(36-17-5-4-16-35(36)37)52-41-20-8-12-24-45(41)55-46-25-13-9-21-42(46)52/h1-31H. The van der Waals surface area contributed by atoms with Gasteiger partial charge in [0.1, 0.15) is 0 Å². The van der Waals surface area contributed by atoms with Crippen LogP contribution in [0.25, 0.3) is 39.2 Å². The molecule has 0 aliphatic carbocycles. The molecule has 0 amide bonds. The highest BCUT2D eigenvalue weighted by molar-refractivity contribution is 6.06. The molecule has 2 aliphatic heterocycles. The first-order chi connectivity index (χ1) is 27.3. The minimum atomic E-state index is 0.643. The number of rotatable bonds is 5. The van der Waals surface area contributed by atoms with E-state index in [0.717, 1.165) is 90.5 Å². The highest BCUT2D eigenvalue weighted by Gasteiger charge is 2.28. The fourth-order valence-electron chi connectivity index (χ4n) is 7.74. The average molecular weight is 710 g/mol. The maximum atomic E-state index is 6.33. The van der Waals surface area contributed by atoms with Crippen molar-refractivity contribution in [2.45, 2.75) is 0 Å². The third kappa shape index (κ3) is 5.05. The summed E-state index contributed by atoms with van der Waals surface area (Å²) in [5.41, 5.74) is 8.84. The van der Waals surface area contributed by atoms with Crippen LogP contribution in [0.15, 0.2) is 188 Å². The molecule has 0 unspecified atom stereocenters. The van der Waals surface area contributed by atoms with Crippen LogP contribution >= 0.6 is 0 Å². The van der Waals surface area contributed by atoms with Crippen molar-refractivity contribution in [2.24, 2.45) is 0 Å². The number of hydrogen-bond donors (Lipinski definition) is 0. The molecule has 3 heterocycles. The first kappa shape index (κ1) is 30.9. The molecule has 8 aromatic carbocycles. The molecule has 11 rings (SSSR count). The van der Waals surface area contributed by atoms with Crippen molar-refractivity contribution in [2.75, 3.05) is 9.80 Å². The molecule has 0 atom stereocenters. The van der Waals surface area contributed by atoms with Crippen LogP contribution in [0.1, 0.15) is 0 Å². The summed E-state index contributed by atoms with van der Waals surface area (Å²) in [7, 11) is 0. The minimum absolute atomic E-state index is 0.643. The van der Waals surface area contributed by atoms with Crippen molar-refractivity contribution in [3.05, 3.63) is 188 Å². The molecule has 7 heteroatoms. The molecule has 7 nitrogen and oxygen atoms in total. The van der Waals surface area contributed by atoms with Gasteiger partial charge in [-0.05, 0) is 102 Å². The van der Waals surface area contributed by atoms with Gasteiger partial charge in [0.15, 0.2) is 34.6 Å². The first-order valence-electron chi connectivity index (χ1n) is 18.3. The van der Waals surface area contributed by atoms with E-state index in [4.69, 9.17) is 19.6 Å². The lowest BCUT2D eigenvalue weighted by Gasteiger charge is -2.33. The normalized spacial score (nSPS) is 12.6. The second-order valence-electron chi connectivity index (χ2n) is 13.5. The Morgan fingerprint density at radius 3 is 1.44 bits per heavy atom. The van der Waals surface area contributed by atoms with E-state index in [2.05, 4.69) is 107 Å². The van der Waals surface area contributed by atoms with Crippen molar-refractivity contribution < 1.29 is 9.47 Å². The van der Waals surface area contributed by atoms with E-state index in [9.17, 15) is 0 Å². The molecule has 0 spiro atoms. The van der Waals surface area contributed by atoms with Crippen molar-refractivity contribution in [3.63, 3.8) is 0 Å². The number of nitrogens with zero attached hydrogens (tertiary/aromatic N) is 5. The molecule has 0 N–H and O–H groups in total. The number of benzene rings is 8. The molecule has 0 fully saturated rings. The monoisotopic (exact) mass is 709 g/mol. The fourth-order valence-corrected chi connectivity index (χ4v) is 7.74. The number of fused-ring (bicyclic) bond motifs is 5. The highest BCUT2D eigenvalue weighted by atomic mass is 16.5. The van der Waals surface area contributed by atoms with Crippen molar-refractivity contribution in [1.82, 2.24) is 14.8 Å². The average Bonchev–Trinajstić information content (AvgIpc) is 3.70. The van der Waals surface area contributed by atoms with Crippen LogP contribution in [0, 0.1) is 0 Å². The largest absolute Gasteiger partial charge is 0.453 e. The van der Waals surface area contributed by atoms with E-state index < -0.39 is 0 Å². The minimum Gasteiger partial charge on any atom is -0.453 e. The number of hydrogen-bond acceptors (Lipinski definition) is 6. The molecule has 0 saturated carbocycles. The highest BCUT2D eigenvalue weighted by Crippen LogP contribution is 2.53. The summed E-state index contributed by atoms with van der Waals surface area (Å²) in [5.74, 6) is 4.66. The summed E-state index contributed by atoms with van der Waals surface area (Å²) in [4.78, 5) is 9.82. The van der Waals surface area contributed by atoms with Crippen LogP contribution in [0.5, 0.6) is 23.0 Å². The van der Waals surface area contributed by atoms with Gasteiger partial charge in [0.2, 0.25) is 0 Å². The Labute approximate surface area is 317 Å². The van der Waals surface area contributed by atoms with Crippen molar-refractivity contribution in [1.29, 1.82) is 0 Å². The molecular weight excluding hydrogens is 679 g/mol. The summed E-state index contributed by atoms with van der Waals surface area (Å²) in [6.07, 6.45) is 0. The van der Waals surface area contributed by atoms with Gasteiger partial charge in [-0.15, -0.1) is 5.10 Å². The van der Waals surface area contributed by atoms with E-state index >= 15 is 0 Å². The first-order valence-corrected chi connectivity index (χ1v) is 18.3. The number of anilines is 6. The van der Waals surface area contributed by atoms with Crippen LogP contribution in [0.4, 0.5) is 34.1 Å². The maximum Gasteiger partial charge on any atom is 0.182 e. The van der Waals surface area contributed by atoms with Crippen LogP contribution in [0.3, 0.4) is 0 Å². The third-order valence-corrected chi connectivity index (χ3v) is 10.2. The maximum absolute atomic E-state index is 6.33. The lowest BCUT2D eigenvalue weighted by Crippen LogP contribution is -2.16. The summed E-state index contributed by atoms with van der Waals surface area (Å²) in [5, 5.41) is 7.34. The second-order valence-corrected chi connectivity index (χ2v) is 13.5. The predicted octanol–water partition coefficient (Wildman–Crippen LogP) is 12.9. The second kappa shape index (κ2) is 12.5. The third-order valence-electron chi connectivity index (χ3n) is 10.2. The molecule has 0 saturated heterocycles. The molecule has 9 aromatic rings. The van der Waals surface area contributed by atoms with E-state index in [1.165, 1.54) is 0 Å². The van der Waals surface area contributed by atoms with Crippen LogP contribution in [-0.2, 0) is 0 Å². The molecule has 2 aliphatic rings. The molecule has 260 valence electrons. The predicted molar refractivity (Wildman–Crippen MR) is 219 cm³/mol. The zero-order valence-electron chi connectivity index (χ0n) is 29.5. The summed E-state index contributed by atoms with van der Waals surface area (Å²) in [6.45, 7) is 0. The zero-order valence-corrected chi connectivity index (χ0v) is 29.5. The number of aromatic nitrogens is 3. The number of para-hydroxylation sites is 9. The van der Waals surface area contributed by atoms with Gasteiger partial charge in [-0.2, -0.15) is 0 Å². The van der Waals surface area contributed by atoms with Crippen molar-refractivity contribution in [3.8, 4) is 51.5 Å². The van der Waals surface area contributed by atoms with Crippen molar-refractivity contribution >= 4 is 44.9 Å². The van der Waals surface area contributed by atoms with E-state index in [1.807, 2.05) is 95.7 Å². The van der Waals surface area contributed by atoms with Gasteiger partial charge in [-0.25, -0.2) is 9.67 Å². The van der Waals surface area contributed by atoms with E-state index in [0.29, 0.717) is 5.82 Å². The fraction of sp³-hybridized carbons (Fsp3) is 0. The molecule has 0 radical (unpaired) electrons. The van der Waals surface area contributed by atoms with Crippen LogP contribution in [-0.4, -0.2) is 14.8 Å². The van der Waals surface area contributed by atoms with E-state index in [-0.39, 0.29) is 0 Å². The topological polar surface area (TPSA) is 55.7 Å². The smallest absolute Gasteiger partial charge is 0.182 e. The quantitative estimate of drug-likeness (QED) is 0.177. The Morgan fingerprint density at radius 1 is 0.364 bits per heavy atom. The van der Waals surface area contributed by atoms with Gasteiger partial charge in [-0.3, -0.25) is 0 Å². The Bertz CT molecular complexity index is 2810. The Morgan fingerprint density at radius 2 is 0.855 bits per heavy atom. The van der Waals surface area contributed by atoms with Gasteiger partial charge in [0, 0.05) is 22.2 Å². The number of ether oxygens (including phenoxy) is 2. The molecule has 55 heavy (non-hydrogen) atoms. The van der Waals surface area contributed by atoms with Gasteiger partial charge in [0.25, 0.3) is 0 Å². The summed E-state index contributed by atoms with van der Waals surface area (Å²) in [6, 6.07) is 64.1. The Hall–Kier alpha value is -7.64. The molecule has 0 bridgehead atoms. The van der Waals surface area contributed by atoms with E-state index in [1.54, 1.807) is 0 Å². The van der Waals surface area contributed by atoms with Gasteiger partial charge >= 0.3 is 0 Å². The zero-order chi connectivity index (χ0) is 36.3. The summed E-state index contributed by atoms with van der Waals surface area (Å²) >= 11 is 0.